The van der Waals surface area contributed by atoms with Crippen LogP contribution in [0.1, 0.15) is 31.9 Å². The SMILES string of the molecule is COc1ccc(Br)cc1C1N2C(=O)C3(C)SSC2(CC1(C)C#N)C(=O)N3C. The molecule has 2 bridgehead atoms. The number of rotatable bonds is 2. The first-order valence-electron chi connectivity index (χ1n) is 8.38. The van der Waals surface area contributed by atoms with Gasteiger partial charge >= 0.3 is 0 Å². The molecule has 4 aliphatic rings. The Balaban J connectivity index is 1.98. The minimum atomic E-state index is -1.07. The molecule has 9 heteroatoms. The first kappa shape index (κ1) is 19.0. The second-order valence-electron chi connectivity index (χ2n) is 7.47. The molecule has 0 saturated carbocycles. The first-order valence-corrected chi connectivity index (χ1v) is 11.3. The van der Waals surface area contributed by atoms with E-state index in [2.05, 4.69) is 22.0 Å². The Morgan fingerprint density at radius 1 is 1.30 bits per heavy atom. The Kier molecular flexibility index (Phi) is 4.09. The van der Waals surface area contributed by atoms with Gasteiger partial charge in [0.1, 0.15) is 5.75 Å². The number of likely N-dealkylation sites (N-methyl/N-ethyl adjacent to an activating group) is 1. The fraction of sp³-hybridized carbons (Fsp3) is 0.500. The standard InChI is InChI=1S/C18H18BrN3O3S2/c1-16(9-20)8-18-15(24)21(3)17(2,26-27-18)14(23)22(18)13(16)11-7-10(19)5-6-12(11)25-4/h5-7,13H,8H2,1-4H3. The summed E-state index contributed by atoms with van der Waals surface area (Å²) in [5.74, 6) is 0.338. The van der Waals surface area contributed by atoms with Crippen molar-refractivity contribution < 1.29 is 14.3 Å². The second-order valence-corrected chi connectivity index (χ2v) is 11.2. The molecule has 4 saturated heterocycles. The fourth-order valence-corrected chi connectivity index (χ4v) is 8.26. The zero-order chi connectivity index (χ0) is 19.8. The lowest BCUT2D eigenvalue weighted by molar-refractivity contribution is -0.164. The summed E-state index contributed by atoms with van der Waals surface area (Å²) in [4.78, 5) is 28.0. The Labute approximate surface area is 174 Å². The van der Waals surface area contributed by atoms with E-state index in [0.717, 1.165) is 10.0 Å². The normalized spacial score (nSPS) is 37.4. The van der Waals surface area contributed by atoms with E-state index in [1.807, 2.05) is 25.1 Å². The van der Waals surface area contributed by atoms with Gasteiger partial charge in [-0.3, -0.25) is 9.59 Å². The maximum Gasteiger partial charge on any atom is 0.261 e. The molecule has 4 atom stereocenters. The molecule has 0 aliphatic carbocycles. The predicted molar refractivity (Wildman–Crippen MR) is 108 cm³/mol. The molecular weight excluding hydrogens is 450 g/mol. The number of hydrogen-bond acceptors (Lipinski definition) is 6. The molecule has 142 valence electrons. The molecule has 4 fully saturated rings. The molecule has 6 nitrogen and oxygen atoms in total. The van der Waals surface area contributed by atoms with Crippen LogP contribution in [0.25, 0.3) is 0 Å². The Morgan fingerprint density at radius 2 is 2.00 bits per heavy atom. The fourth-order valence-electron chi connectivity index (χ4n) is 4.30. The number of fused-ring (bicyclic) bond motifs is 2. The van der Waals surface area contributed by atoms with Crippen molar-refractivity contribution in [3.63, 3.8) is 0 Å². The maximum atomic E-state index is 13.5. The topological polar surface area (TPSA) is 73.6 Å². The van der Waals surface area contributed by atoms with Gasteiger partial charge in [-0.1, -0.05) is 37.5 Å². The van der Waals surface area contributed by atoms with Gasteiger partial charge in [0.2, 0.25) is 0 Å². The summed E-state index contributed by atoms with van der Waals surface area (Å²) in [6.07, 6.45) is 0.277. The molecule has 2 amide bonds. The Morgan fingerprint density at radius 3 is 2.63 bits per heavy atom. The molecule has 5 rings (SSSR count). The van der Waals surface area contributed by atoms with Gasteiger partial charge in [0.15, 0.2) is 9.74 Å². The third-order valence-electron chi connectivity index (χ3n) is 5.84. The van der Waals surface area contributed by atoms with E-state index in [4.69, 9.17) is 4.74 Å². The van der Waals surface area contributed by atoms with Gasteiger partial charge in [0.05, 0.1) is 24.6 Å². The number of ether oxygens (including phenoxy) is 1. The quantitative estimate of drug-likeness (QED) is 0.619. The lowest BCUT2D eigenvalue weighted by atomic mass is 9.79. The number of amides is 2. The molecule has 1 aromatic carbocycles. The van der Waals surface area contributed by atoms with Crippen LogP contribution in [0.15, 0.2) is 22.7 Å². The van der Waals surface area contributed by atoms with Crippen molar-refractivity contribution >= 4 is 49.3 Å². The van der Waals surface area contributed by atoms with Crippen LogP contribution in [0.3, 0.4) is 0 Å². The lowest BCUT2D eigenvalue weighted by Gasteiger charge is -2.57. The van der Waals surface area contributed by atoms with Crippen LogP contribution < -0.4 is 4.74 Å². The highest BCUT2D eigenvalue weighted by molar-refractivity contribution is 9.10. The number of carbonyl (C=O) groups is 2. The van der Waals surface area contributed by atoms with Gasteiger partial charge in [-0.2, -0.15) is 5.26 Å². The highest BCUT2D eigenvalue weighted by atomic mass is 79.9. The lowest BCUT2D eigenvalue weighted by Crippen LogP contribution is -2.73. The van der Waals surface area contributed by atoms with Crippen LogP contribution >= 0.6 is 37.5 Å². The van der Waals surface area contributed by atoms with Crippen molar-refractivity contribution in [2.45, 2.75) is 36.1 Å². The van der Waals surface area contributed by atoms with Crippen molar-refractivity contribution in [3.8, 4) is 11.8 Å². The van der Waals surface area contributed by atoms with Gasteiger partial charge in [0.25, 0.3) is 11.8 Å². The van der Waals surface area contributed by atoms with E-state index >= 15 is 0 Å². The maximum absolute atomic E-state index is 13.5. The highest BCUT2D eigenvalue weighted by Gasteiger charge is 2.75. The predicted octanol–water partition coefficient (Wildman–Crippen LogP) is 3.54. The van der Waals surface area contributed by atoms with Crippen LogP contribution in [0.4, 0.5) is 0 Å². The van der Waals surface area contributed by atoms with Crippen LogP contribution in [0.5, 0.6) is 5.75 Å². The Bertz CT molecular complexity index is 922. The van der Waals surface area contributed by atoms with E-state index in [0.29, 0.717) is 5.75 Å². The number of piperazine rings is 1. The van der Waals surface area contributed by atoms with Gasteiger partial charge < -0.3 is 14.5 Å². The number of carbonyl (C=O) groups excluding carboxylic acids is 2. The number of methoxy groups -OCH3 is 1. The zero-order valence-corrected chi connectivity index (χ0v) is 18.5. The van der Waals surface area contributed by atoms with Gasteiger partial charge in [-0.05, 0) is 32.0 Å². The minimum Gasteiger partial charge on any atom is -0.496 e. The molecule has 4 unspecified atom stereocenters. The number of nitrogens with zero attached hydrogens (tertiary/aromatic N) is 3. The number of halogens is 1. The second kappa shape index (κ2) is 5.82. The summed E-state index contributed by atoms with van der Waals surface area (Å²) in [5, 5.41) is 10.1. The van der Waals surface area contributed by atoms with E-state index in [9.17, 15) is 14.9 Å². The molecule has 27 heavy (non-hydrogen) atoms. The largest absolute Gasteiger partial charge is 0.496 e. The average molecular weight is 468 g/mol. The molecule has 0 radical (unpaired) electrons. The summed E-state index contributed by atoms with van der Waals surface area (Å²) < 4.78 is 6.37. The molecule has 0 aromatic heterocycles. The van der Waals surface area contributed by atoms with Crippen molar-refractivity contribution in [3.05, 3.63) is 28.2 Å². The molecule has 0 N–H and O–H groups in total. The Hall–Kier alpha value is -1.37. The molecule has 4 heterocycles. The third-order valence-corrected chi connectivity index (χ3v) is 10.0. The van der Waals surface area contributed by atoms with E-state index in [1.54, 1.807) is 26.0 Å². The van der Waals surface area contributed by atoms with Gasteiger partial charge in [0, 0.05) is 23.5 Å². The van der Waals surface area contributed by atoms with Gasteiger partial charge in [-0.15, -0.1) is 0 Å². The summed E-state index contributed by atoms with van der Waals surface area (Å²) in [6.45, 7) is 3.59. The third kappa shape index (κ3) is 2.21. The number of nitriles is 1. The summed E-state index contributed by atoms with van der Waals surface area (Å²) in [5.41, 5.74) is -0.193. The van der Waals surface area contributed by atoms with Crippen molar-refractivity contribution in [2.75, 3.05) is 14.2 Å². The highest BCUT2D eigenvalue weighted by Crippen LogP contribution is 2.69. The number of hydrogen-bond donors (Lipinski definition) is 0. The molecule has 1 spiro atoms. The zero-order valence-electron chi connectivity index (χ0n) is 15.3. The van der Waals surface area contributed by atoms with Crippen LogP contribution in [0.2, 0.25) is 0 Å². The summed E-state index contributed by atoms with van der Waals surface area (Å²) in [6, 6.07) is 7.37. The van der Waals surface area contributed by atoms with Crippen LogP contribution in [-0.4, -0.2) is 45.5 Å². The first-order chi connectivity index (χ1) is 12.6. The molecule has 1 aromatic rings. The van der Waals surface area contributed by atoms with E-state index in [-0.39, 0.29) is 18.2 Å². The number of benzene rings is 1. The van der Waals surface area contributed by atoms with E-state index in [1.165, 1.54) is 26.5 Å². The smallest absolute Gasteiger partial charge is 0.261 e. The van der Waals surface area contributed by atoms with Crippen LogP contribution in [0, 0.1) is 16.7 Å². The molecule has 4 aliphatic heterocycles. The van der Waals surface area contributed by atoms with Crippen molar-refractivity contribution in [1.29, 1.82) is 5.26 Å². The molecular formula is C18H18BrN3O3S2. The minimum absolute atomic E-state index is 0.119. The summed E-state index contributed by atoms with van der Waals surface area (Å²) in [7, 11) is 6.05. The van der Waals surface area contributed by atoms with Crippen LogP contribution in [-0.2, 0) is 9.59 Å². The van der Waals surface area contributed by atoms with Gasteiger partial charge in [-0.25, -0.2) is 0 Å². The summed E-state index contributed by atoms with van der Waals surface area (Å²) >= 11 is 3.48. The van der Waals surface area contributed by atoms with Crippen molar-refractivity contribution in [2.24, 2.45) is 5.41 Å². The average Bonchev–Trinajstić information content (AvgIpc) is 2.93. The monoisotopic (exact) mass is 467 g/mol. The van der Waals surface area contributed by atoms with Crippen molar-refractivity contribution in [1.82, 2.24) is 9.80 Å². The van der Waals surface area contributed by atoms with E-state index < -0.39 is 21.2 Å².